The Hall–Kier alpha value is -5.60. The number of nitrogens with zero attached hydrogens (tertiary/aromatic N) is 1. The number of carboxylic acid groups (broad SMARTS) is 2. The van der Waals surface area contributed by atoms with Crippen molar-refractivity contribution in [3.05, 3.63) is 0 Å². The molecule has 4 rings (SSSR count). The smallest absolute Gasteiger partial charge is 0.662 e. The van der Waals surface area contributed by atoms with E-state index in [1.165, 1.54) is 20.8 Å². The summed E-state index contributed by atoms with van der Waals surface area (Å²) in [4.78, 5) is 176. The molecule has 0 aromatic rings. The second kappa shape index (κ2) is 40.8. The van der Waals surface area contributed by atoms with Crippen molar-refractivity contribution in [2.45, 2.75) is 159 Å². The summed E-state index contributed by atoms with van der Waals surface area (Å²) in [5.41, 5.74) is 8.76. The minimum absolute atomic E-state index is 0. The predicted octanol–water partition coefficient (Wildman–Crippen LogP) is -4.29. The van der Waals surface area contributed by atoms with Gasteiger partial charge in [0.1, 0.15) is 13.2 Å². The first-order valence-electron chi connectivity index (χ1n) is 20.5. The third kappa shape index (κ3) is 34.5. The zero-order chi connectivity index (χ0) is 55.3. The Morgan fingerprint density at radius 3 is 1.22 bits per heavy atom. The largest absolute Gasteiger partial charge is 1.00 e. The number of rotatable bonds is 10. The molecule has 0 spiro atoms. The van der Waals surface area contributed by atoms with Gasteiger partial charge >= 0.3 is 59.6 Å². The number of ether oxygens (including phenoxy) is 1. The number of amides is 3. The number of aliphatic carboxylic acids is 2. The van der Waals surface area contributed by atoms with Crippen LogP contribution in [0.2, 0.25) is 0 Å². The number of imide groups is 1. The fourth-order valence-electron chi connectivity index (χ4n) is 4.87. The van der Waals surface area contributed by atoms with Crippen LogP contribution >= 0.6 is 12.5 Å². The summed E-state index contributed by atoms with van der Waals surface area (Å²) < 4.78 is 10.6. The molecule has 29 nitrogen and oxygen atoms in total. The van der Waals surface area contributed by atoms with Crippen LogP contribution in [0.5, 0.6) is 0 Å². The molecule has 4 fully saturated rings. The Balaban J connectivity index is -0.000000147. The Morgan fingerprint density at radius 1 is 0.699 bits per heavy atom. The van der Waals surface area contributed by atoms with Gasteiger partial charge in [0.05, 0.1) is 0 Å². The second-order valence-electron chi connectivity index (χ2n) is 16.2. The fourth-order valence-corrected chi connectivity index (χ4v) is 4.87. The molecule has 3 amide bonds. The van der Waals surface area contributed by atoms with E-state index in [2.05, 4.69) is 40.4 Å². The van der Waals surface area contributed by atoms with Crippen LogP contribution in [-0.2, 0) is 91.3 Å². The zero-order valence-electron chi connectivity index (χ0n) is 42.0. The molecule has 3 saturated carbocycles. The molecule has 31 heteroatoms. The number of hydrogen-bond donors (Lipinski definition) is 7. The number of nitrogens with two attached hydrogens (primary N) is 1. The van der Waals surface area contributed by atoms with Crippen molar-refractivity contribution >= 4 is 101 Å². The second-order valence-corrected chi connectivity index (χ2v) is 16.2. The molecule has 0 unspecified atom stereocenters. The average Bonchev–Trinajstić information content (AvgIpc) is 3.96. The summed E-state index contributed by atoms with van der Waals surface area (Å²) in [7, 11) is 0. The SMILES string of the molecule is C.C.CC(=O)N[C@@H](C(=O)O)C(C)(C)C.CC(=O)ONC1C(=O)CCC1=O.CC(=O)ONC1C(=O)CCC1=O.CC(C)(C)[C@@H](N)C(=O)O.O.O=C(OC1C(=O)CCC1=O)ON1C(=O)CCC1=O.O=CO[O-].[2H]SC.[Na+]. The summed E-state index contributed by atoms with van der Waals surface area (Å²) in [6.07, 6.45) is -0.319. The Morgan fingerprint density at radius 2 is 1.01 bits per heavy atom. The van der Waals surface area contributed by atoms with Crippen LogP contribution in [0, 0.1) is 10.8 Å². The molecule has 1 saturated heterocycles. The summed E-state index contributed by atoms with van der Waals surface area (Å²) >= 11 is 1.000. The van der Waals surface area contributed by atoms with E-state index in [4.69, 9.17) is 27.1 Å². The van der Waals surface area contributed by atoms with E-state index in [1.54, 1.807) is 47.8 Å². The fraction of sp³-hybridized carbons (Fsp3) is 0.643. The van der Waals surface area contributed by atoms with E-state index in [1.807, 2.05) is 0 Å². The van der Waals surface area contributed by atoms with Crippen LogP contribution in [0.4, 0.5) is 4.79 Å². The van der Waals surface area contributed by atoms with Crippen molar-refractivity contribution in [3.8, 4) is 0 Å². The number of hydroxylamine groups is 4. The van der Waals surface area contributed by atoms with Gasteiger partial charge in [0.2, 0.25) is 12.0 Å². The summed E-state index contributed by atoms with van der Waals surface area (Å²) in [5, 5.41) is 28.2. The van der Waals surface area contributed by atoms with Gasteiger partial charge in [-0.05, 0) is 17.1 Å². The number of hydrogen-bond acceptors (Lipinski definition) is 25. The van der Waals surface area contributed by atoms with E-state index in [9.17, 15) is 67.1 Å². The molecule has 73 heavy (non-hydrogen) atoms. The number of ketones is 6. The molecule has 3 aliphatic carbocycles. The van der Waals surface area contributed by atoms with Gasteiger partial charge in [0.25, 0.3) is 18.3 Å². The molecule has 414 valence electrons. The molecule has 9 N–H and O–H groups in total. The number of nitrogens with one attached hydrogen (secondary N) is 3. The van der Waals surface area contributed by atoms with Crippen molar-refractivity contribution in [1.29, 1.82) is 1.12 Å². The van der Waals surface area contributed by atoms with Gasteiger partial charge in [-0.1, -0.05) is 61.5 Å². The van der Waals surface area contributed by atoms with Gasteiger partial charge in [-0.2, -0.15) is 12.5 Å². The van der Waals surface area contributed by atoms with E-state index < -0.39 is 89.1 Å². The normalized spacial score (nSPS) is 15.8. The quantitative estimate of drug-likeness (QED) is 0.0125. The molecule has 2 atom stereocenters. The van der Waals surface area contributed by atoms with Crippen LogP contribution in [-0.4, -0.2) is 147 Å². The minimum Gasteiger partial charge on any atom is -0.662 e. The maximum atomic E-state index is 11.2. The van der Waals surface area contributed by atoms with Crippen molar-refractivity contribution in [2.75, 3.05) is 6.26 Å². The van der Waals surface area contributed by atoms with Gasteiger partial charge in [0.15, 0.2) is 46.8 Å². The maximum absolute atomic E-state index is 11.2. The number of Topliss-reactive ketones (excluding diaryl/α,β-unsaturated/α-hetero) is 6. The van der Waals surface area contributed by atoms with Gasteiger partial charge in [-0.3, -0.25) is 67.2 Å². The van der Waals surface area contributed by atoms with Crippen LogP contribution in [0.25, 0.3) is 0 Å². The zero-order valence-corrected chi connectivity index (χ0v) is 43.8. The molecular formula is C42H70N5NaO24S. The summed E-state index contributed by atoms with van der Waals surface area (Å²) in [5.74, 6) is -6.65. The predicted molar refractivity (Wildman–Crippen MR) is 246 cm³/mol. The Kier molecular flexibility index (Phi) is 44.1. The van der Waals surface area contributed by atoms with Crippen LogP contribution in [0.15, 0.2) is 0 Å². The van der Waals surface area contributed by atoms with E-state index >= 15 is 0 Å². The minimum atomic E-state index is -1.48. The first-order valence-corrected chi connectivity index (χ1v) is 20.9. The van der Waals surface area contributed by atoms with E-state index in [0.29, 0.717) is 0 Å². The standard InChI is InChI=1S/C10H9NO7.C8H15NO3.2C7H9NO4.C6H13NO2.CH2O3.CH4S.2CH4.Na.H2O/c12-5-1-2-6(13)9(5)17-10(16)18-11-7(14)3-4-8(11)15;1-5(10)9-6(7(11)12)8(2,3)4;2*1-4(9)12-8-7-5(10)2-3-6(7)11;1-6(2,3)4(7)5(8)9;2-1-4-3;1-2;;;;/h9H,1-4H2;6H,1-4H3,(H,9,10)(H,11,12);2*7-8H,2-3H2,1H3;4H,7H2,1-3H3,(H,8,9);1,3H;2H,1H3;2*1H4;;1H2/q;;;;;;;;;+1;/p-1/t;6-;;;4-;;;;;;/m.0..0....../s1/i/hD. The van der Waals surface area contributed by atoms with Gasteiger partial charge in [-0.15, -0.1) is 11.0 Å². The van der Waals surface area contributed by atoms with Gasteiger partial charge in [-0.25, -0.2) is 9.59 Å². The number of carbonyl (C=O) groups excluding carboxylic acids is 13. The van der Waals surface area contributed by atoms with Crippen molar-refractivity contribution in [2.24, 2.45) is 16.6 Å². The third-order valence-corrected chi connectivity index (χ3v) is 8.45. The van der Waals surface area contributed by atoms with Crippen molar-refractivity contribution in [3.63, 3.8) is 0 Å². The molecule has 0 bridgehead atoms. The topological polar surface area (TPSA) is 463 Å². The third-order valence-electron chi connectivity index (χ3n) is 8.45. The monoisotopic (exact) mass is 1080 g/mol. The maximum Gasteiger partial charge on any atom is 1.00 e. The molecule has 1 aliphatic heterocycles. The average molecular weight is 1090 g/mol. The van der Waals surface area contributed by atoms with Gasteiger partial charge < -0.3 is 51.3 Å². The van der Waals surface area contributed by atoms with E-state index in [0.717, 1.165) is 12.5 Å². The van der Waals surface area contributed by atoms with Crippen molar-refractivity contribution < 1.29 is 147 Å². The van der Waals surface area contributed by atoms with Crippen LogP contribution in [0.1, 0.15) is 129 Å². The van der Waals surface area contributed by atoms with Crippen molar-refractivity contribution in [1.82, 2.24) is 21.3 Å². The summed E-state index contributed by atoms with van der Waals surface area (Å²) in [6, 6.07) is -3.46. The Bertz CT molecular complexity index is 1770. The van der Waals surface area contributed by atoms with E-state index in [-0.39, 0.29) is 147 Å². The molecule has 1 heterocycles. The first kappa shape index (κ1) is 78.8. The molecule has 0 radical (unpaired) electrons. The van der Waals surface area contributed by atoms with Crippen LogP contribution < -0.4 is 56.8 Å². The molecule has 0 aromatic carbocycles. The van der Waals surface area contributed by atoms with Gasteiger partial charge in [0, 0.05) is 72.1 Å². The molecular weight excluding hydrogens is 1010 g/mol. The molecule has 4 aliphatic rings. The number of carboxylic acids is 2. The Labute approximate surface area is 450 Å². The first-order chi connectivity index (χ1) is 32.1. The van der Waals surface area contributed by atoms with Crippen LogP contribution in [0.3, 0.4) is 0 Å². The molecule has 0 aromatic heterocycles. The summed E-state index contributed by atoms with van der Waals surface area (Å²) in [6.45, 7) is 14.2. The number of thiol groups is 1. The number of carbonyl (C=O) groups is 15.